The van der Waals surface area contributed by atoms with Crippen LogP contribution in [0.1, 0.15) is 25.7 Å². The molecule has 0 aromatic rings. The minimum Gasteiger partial charge on any atom is -0.480 e. The highest BCUT2D eigenvalue weighted by atomic mass is 16.4. The van der Waals surface area contributed by atoms with Gasteiger partial charge in [-0.1, -0.05) is 0 Å². The smallest absolute Gasteiger partial charge is 0.326 e. The minimum absolute atomic E-state index is 0.0296. The van der Waals surface area contributed by atoms with E-state index in [1.807, 2.05) is 0 Å². The summed E-state index contributed by atoms with van der Waals surface area (Å²) in [7, 11) is 1.52. The van der Waals surface area contributed by atoms with E-state index in [1.54, 1.807) is 0 Å². The van der Waals surface area contributed by atoms with E-state index in [0.717, 1.165) is 12.8 Å². The van der Waals surface area contributed by atoms with Crippen LogP contribution in [0.15, 0.2) is 0 Å². The van der Waals surface area contributed by atoms with Crippen molar-refractivity contribution < 1.29 is 19.5 Å². The van der Waals surface area contributed by atoms with E-state index in [-0.39, 0.29) is 18.5 Å². The number of nitrogens with one attached hydrogen (secondary N) is 1. The number of amides is 3. The first-order valence-electron chi connectivity index (χ1n) is 6.53. The van der Waals surface area contributed by atoms with Crippen molar-refractivity contribution in [2.24, 2.45) is 0 Å². The number of likely N-dealkylation sites (N-methyl/N-ethyl adjacent to an activating group) is 1. The number of carboxylic acids is 1. The summed E-state index contributed by atoms with van der Waals surface area (Å²) in [6.07, 6.45) is 3.15. The third-order valence-electron chi connectivity index (χ3n) is 3.43. The second kappa shape index (κ2) is 5.46. The number of hydrogen-bond acceptors (Lipinski definition) is 3. The van der Waals surface area contributed by atoms with Crippen LogP contribution >= 0.6 is 0 Å². The van der Waals surface area contributed by atoms with Gasteiger partial charge in [-0.15, -0.1) is 0 Å². The van der Waals surface area contributed by atoms with Gasteiger partial charge in [-0.3, -0.25) is 4.79 Å². The van der Waals surface area contributed by atoms with Crippen molar-refractivity contribution in [1.29, 1.82) is 0 Å². The first-order chi connectivity index (χ1) is 8.99. The van der Waals surface area contributed by atoms with Crippen molar-refractivity contribution in [3.8, 4) is 0 Å². The minimum atomic E-state index is -0.985. The fourth-order valence-electron chi connectivity index (χ4n) is 2.26. The molecule has 1 heterocycles. The number of urea groups is 1. The Morgan fingerprint density at radius 2 is 2.00 bits per heavy atom. The number of nitrogens with zero attached hydrogens (tertiary/aromatic N) is 2. The number of likely N-dealkylation sites (tertiary alicyclic amines) is 1. The number of rotatable bonds is 4. The number of carbonyl (C=O) groups is 3. The second-order valence-corrected chi connectivity index (χ2v) is 5.17. The molecule has 1 unspecified atom stereocenters. The Hall–Kier alpha value is -1.79. The van der Waals surface area contributed by atoms with E-state index in [9.17, 15) is 14.4 Å². The van der Waals surface area contributed by atoms with Gasteiger partial charge < -0.3 is 20.2 Å². The van der Waals surface area contributed by atoms with Crippen molar-refractivity contribution in [3.63, 3.8) is 0 Å². The predicted molar refractivity (Wildman–Crippen MR) is 66.6 cm³/mol. The van der Waals surface area contributed by atoms with Crippen LogP contribution in [0.4, 0.5) is 4.79 Å². The average molecular weight is 269 g/mol. The first-order valence-corrected chi connectivity index (χ1v) is 6.53. The molecule has 19 heavy (non-hydrogen) atoms. The Labute approximate surface area is 111 Å². The van der Waals surface area contributed by atoms with Gasteiger partial charge in [0.15, 0.2) is 0 Å². The van der Waals surface area contributed by atoms with Gasteiger partial charge in [0.1, 0.15) is 12.6 Å². The van der Waals surface area contributed by atoms with Gasteiger partial charge >= 0.3 is 12.0 Å². The normalized spacial score (nSPS) is 22.2. The summed E-state index contributed by atoms with van der Waals surface area (Å²) in [5.74, 6) is -1.17. The molecule has 106 valence electrons. The van der Waals surface area contributed by atoms with Crippen molar-refractivity contribution >= 4 is 17.9 Å². The number of carbonyl (C=O) groups excluding carboxylic acids is 2. The van der Waals surface area contributed by atoms with E-state index >= 15 is 0 Å². The molecular formula is C12H19N3O4. The molecule has 1 saturated carbocycles. The number of carboxylic acid groups (broad SMARTS) is 1. The number of aliphatic carboxylic acids is 1. The van der Waals surface area contributed by atoms with Crippen LogP contribution in [0.2, 0.25) is 0 Å². The molecule has 2 fully saturated rings. The molecular weight excluding hydrogens is 250 g/mol. The topological polar surface area (TPSA) is 90.0 Å². The van der Waals surface area contributed by atoms with Gasteiger partial charge in [0, 0.05) is 19.6 Å². The monoisotopic (exact) mass is 269 g/mol. The molecule has 0 bridgehead atoms. The Kier molecular flexibility index (Phi) is 3.92. The predicted octanol–water partition coefficient (Wildman–Crippen LogP) is -0.134. The third-order valence-corrected chi connectivity index (χ3v) is 3.43. The third kappa shape index (κ3) is 3.36. The van der Waals surface area contributed by atoms with Crippen molar-refractivity contribution in [1.82, 2.24) is 15.1 Å². The van der Waals surface area contributed by atoms with Gasteiger partial charge in [0.2, 0.25) is 5.91 Å². The van der Waals surface area contributed by atoms with Crippen LogP contribution in [0.25, 0.3) is 0 Å². The summed E-state index contributed by atoms with van der Waals surface area (Å²) >= 11 is 0. The molecule has 1 saturated heterocycles. The molecule has 1 atom stereocenters. The Bertz CT molecular complexity index is 394. The molecule has 1 aliphatic heterocycles. The number of hydrogen-bond donors (Lipinski definition) is 2. The van der Waals surface area contributed by atoms with Crippen molar-refractivity contribution in [2.75, 3.05) is 20.1 Å². The Balaban J connectivity index is 1.86. The van der Waals surface area contributed by atoms with Crippen LogP contribution in [-0.4, -0.2) is 65.0 Å². The van der Waals surface area contributed by atoms with Crippen molar-refractivity contribution in [2.45, 2.75) is 37.8 Å². The highest BCUT2D eigenvalue weighted by Crippen LogP contribution is 2.20. The highest BCUT2D eigenvalue weighted by Gasteiger charge is 2.36. The van der Waals surface area contributed by atoms with Crippen LogP contribution in [0, 0.1) is 0 Å². The van der Waals surface area contributed by atoms with Gasteiger partial charge in [-0.05, 0) is 25.7 Å². The second-order valence-electron chi connectivity index (χ2n) is 5.17. The molecule has 0 spiro atoms. The molecule has 1 aliphatic carbocycles. The van der Waals surface area contributed by atoms with Crippen LogP contribution < -0.4 is 5.32 Å². The van der Waals surface area contributed by atoms with Gasteiger partial charge in [-0.2, -0.15) is 0 Å². The molecule has 7 nitrogen and oxygen atoms in total. The molecule has 7 heteroatoms. The molecule has 0 aromatic heterocycles. The van der Waals surface area contributed by atoms with E-state index in [4.69, 9.17) is 5.11 Å². The summed E-state index contributed by atoms with van der Waals surface area (Å²) in [5.41, 5.74) is 0. The van der Waals surface area contributed by atoms with Gasteiger partial charge in [0.25, 0.3) is 0 Å². The maximum Gasteiger partial charge on any atom is 0.326 e. The Morgan fingerprint density at radius 3 is 2.58 bits per heavy atom. The highest BCUT2D eigenvalue weighted by molar-refractivity contribution is 5.87. The molecule has 2 rings (SSSR count). The first kappa shape index (κ1) is 13.6. The lowest BCUT2D eigenvalue weighted by Gasteiger charge is -2.27. The summed E-state index contributed by atoms with van der Waals surface area (Å²) in [5, 5.41) is 11.8. The molecule has 0 aromatic carbocycles. The summed E-state index contributed by atoms with van der Waals surface area (Å²) < 4.78 is 0. The summed E-state index contributed by atoms with van der Waals surface area (Å²) in [4.78, 5) is 37.3. The van der Waals surface area contributed by atoms with Gasteiger partial charge in [0.05, 0.1) is 0 Å². The van der Waals surface area contributed by atoms with E-state index in [1.165, 1.54) is 16.8 Å². The zero-order valence-electron chi connectivity index (χ0n) is 11.0. The summed E-state index contributed by atoms with van der Waals surface area (Å²) in [6, 6.07) is -0.896. The maximum atomic E-state index is 12.1. The zero-order valence-corrected chi connectivity index (χ0v) is 11.0. The lowest BCUT2D eigenvalue weighted by molar-refractivity contribution is -0.141. The van der Waals surface area contributed by atoms with Crippen LogP contribution in [0.5, 0.6) is 0 Å². The zero-order chi connectivity index (χ0) is 14.0. The van der Waals surface area contributed by atoms with Crippen LogP contribution in [0.3, 0.4) is 0 Å². The molecule has 2 aliphatic rings. The van der Waals surface area contributed by atoms with Crippen LogP contribution in [-0.2, 0) is 9.59 Å². The molecule has 0 radical (unpaired) electrons. The standard InChI is InChI=1S/C12H19N3O4/c1-14(7-10(16)13-8-4-5-8)12(19)15-6-2-3-9(15)11(17)18/h8-9H,2-7H2,1H3,(H,13,16)(H,17,18). The SMILES string of the molecule is CN(CC(=O)NC1CC1)C(=O)N1CCCC1C(=O)O. The molecule has 2 N–H and O–H groups in total. The Morgan fingerprint density at radius 1 is 1.32 bits per heavy atom. The fraction of sp³-hybridized carbons (Fsp3) is 0.750. The lowest BCUT2D eigenvalue weighted by Crippen LogP contribution is -2.49. The quantitative estimate of drug-likeness (QED) is 0.743. The van der Waals surface area contributed by atoms with Gasteiger partial charge in [-0.25, -0.2) is 9.59 Å². The lowest BCUT2D eigenvalue weighted by atomic mass is 10.2. The fourth-order valence-corrected chi connectivity index (χ4v) is 2.26. The van der Waals surface area contributed by atoms with E-state index in [0.29, 0.717) is 19.4 Å². The van der Waals surface area contributed by atoms with Crippen molar-refractivity contribution in [3.05, 3.63) is 0 Å². The largest absolute Gasteiger partial charge is 0.480 e. The van der Waals surface area contributed by atoms with E-state index in [2.05, 4.69) is 5.32 Å². The average Bonchev–Trinajstić information content (AvgIpc) is 3.00. The maximum absolute atomic E-state index is 12.1. The van der Waals surface area contributed by atoms with E-state index < -0.39 is 18.0 Å². The molecule has 3 amide bonds. The summed E-state index contributed by atoms with van der Waals surface area (Å²) in [6.45, 7) is 0.405.